The summed E-state index contributed by atoms with van der Waals surface area (Å²) in [5, 5.41) is 2.85. The minimum Gasteiger partial charge on any atom is -0.343 e. The summed E-state index contributed by atoms with van der Waals surface area (Å²) in [5.41, 5.74) is 1.21. The molecule has 0 spiro atoms. The summed E-state index contributed by atoms with van der Waals surface area (Å²) in [5.74, 6) is 0.230. The molecule has 1 N–H and O–H groups in total. The fraction of sp³-hybridized carbons (Fsp3) is 0.529. The van der Waals surface area contributed by atoms with Crippen molar-refractivity contribution in [3.05, 3.63) is 35.9 Å². The molecule has 2 aliphatic heterocycles. The first-order valence-corrected chi connectivity index (χ1v) is 8.10. The number of benzene rings is 1. The van der Waals surface area contributed by atoms with Gasteiger partial charge in [-0.05, 0) is 24.8 Å². The quantitative estimate of drug-likeness (QED) is 0.919. The number of piperidine rings is 1. The van der Waals surface area contributed by atoms with Crippen LogP contribution in [0.25, 0.3) is 0 Å². The summed E-state index contributed by atoms with van der Waals surface area (Å²) in [7, 11) is 0. The number of nitrogens with one attached hydrogen (secondary N) is 1. The maximum absolute atomic E-state index is 12.3. The lowest BCUT2D eigenvalue weighted by Gasteiger charge is -2.36. The molecule has 3 rings (SSSR count). The second-order valence-corrected chi connectivity index (χ2v) is 6.02. The normalized spacial score (nSPS) is 19.4. The molecule has 2 aliphatic rings. The summed E-state index contributed by atoms with van der Waals surface area (Å²) < 4.78 is 0. The molecule has 2 saturated heterocycles. The third-order valence-electron chi connectivity index (χ3n) is 4.62. The molecule has 0 aromatic heterocycles. The molecular weight excluding hydrogens is 278 g/mol. The molecule has 2 fully saturated rings. The molecule has 0 aliphatic carbocycles. The van der Waals surface area contributed by atoms with E-state index in [2.05, 4.69) is 17.4 Å². The highest BCUT2D eigenvalue weighted by atomic mass is 16.2. The van der Waals surface area contributed by atoms with Gasteiger partial charge in [0.2, 0.25) is 5.91 Å². The Bertz CT molecular complexity index is 524. The summed E-state index contributed by atoms with van der Waals surface area (Å²) >= 11 is 0. The third kappa shape index (κ3) is 3.40. The Balaban J connectivity index is 1.44. The van der Waals surface area contributed by atoms with E-state index in [0.717, 1.165) is 45.4 Å². The minimum atomic E-state index is 0.0499. The predicted molar refractivity (Wildman–Crippen MR) is 84.5 cm³/mol. The average Bonchev–Trinajstić information content (AvgIpc) is 3.00. The van der Waals surface area contributed by atoms with Crippen LogP contribution >= 0.6 is 0 Å². The van der Waals surface area contributed by atoms with E-state index in [1.54, 1.807) is 0 Å². The van der Waals surface area contributed by atoms with Crippen LogP contribution in [0, 0.1) is 0 Å². The summed E-state index contributed by atoms with van der Waals surface area (Å²) in [6, 6.07) is 10.5. The van der Waals surface area contributed by atoms with Gasteiger partial charge in [-0.1, -0.05) is 30.3 Å². The van der Waals surface area contributed by atoms with Crippen LogP contribution in [0.4, 0.5) is 4.79 Å². The molecule has 1 aromatic carbocycles. The summed E-state index contributed by atoms with van der Waals surface area (Å²) in [6.07, 6.45) is 3.15. The molecular formula is C17H23N3O2. The number of nitrogens with zero attached hydrogens (tertiary/aromatic N) is 2. The Hall–Kier alpha value is -2.04. The highest BCUT2D eigenvalue weighted by molar-refractivity contribution is 5.77. The van der Waals surface area contributed by atoms with Crippen molar-refractivity contribution in [2.45, 2.75) is 31.7 Å². The molecule has 0 atom stereocenters. The van der Waals surface area contributed by atoms with Gasteiger partial charge in [-0.15, -0.1) is 0 Å². The first kappa shape index (κ1) is 14.9. The monoisotopic (exact) mass is 301 g/mol. The zero-order chi connectivity index (χ0) is 15.4. The smallest absolute Gasteiger partial charge is 0.317 e. The van der Waals surface area contributed by atoms with Gasteiger partial charge in [-0.25, -0.2) is 4.79 Å². The first-order valence-electron chi connectivity index (χ1n) is 8.10. The molecule has 0 bridgehead atoms. The van der Waals surface area contributed by atoms with E-state index in [1.165, 1.54) is 5.56 Å². The molecule has 0 unspecified atom stereocenters. The van der Waals surface area contributed by atoms with Gasteiger partial charge in [-0.2, -0.15) is 0 Å². The Kier molecular flexibility index (Phi) is 4.61. The van der Waals surface area contributed by atoms with Crippen LogP contribution in [0.3, 0.4) is 0 Å². The number of aryl methyl sites for hydroxylation is 1. The van der Waals surface area contributed by atoms with Crippen LogP contribution in [0.5, 0.6) is 0 Å². The fourth-order valence-corrected chi connectivity index (χ4v) is 3.32. The molecule has 5 heteroatoms. The maximum atomic E-state index is 12.3. The van der Waals surface area contributed by atoms with Gasteiger partial charge in [0.25, 0.3) is 0 Å². The molecule has 3 amide bonds. The molecule has 2 heterocycles. The van der Waals surface area contributed by atoms with E-state index in [-0.39, 0.29) is 11.9 Å². The SMILES string of the molecule is O=C(CCc1ccccc1)N1CCC(N2CCNC2=O)CC1. The highest BCUT2D eigenvalue weighted by Crippen LogP contribution is 2.19. The molecule has 1 aromatic rings. The number of amides is 3. The van der Waals surface area contributed by atoms with Crippen molar-refractivity contribution in [2.75, 3.05) is 26.2 Å². The predicted octanol–water partition coefficient (Wildman–Crippen LogP) is 1.64. The number of carbonyl (C=O) groups is 2. The van der Waals surface area contributed by atoms with Crippen LogP contribution in [-0.2, 0) is 11.2 Å². The molecule has 118 valence electrons. The molecule has 5 nitrogen and oxygen atoms in total. The fourth-order valence-electron chi connectivity index (χ4n) is 3.32. The number of rotatable bonds is 4. The van der Waals surface area contributed by atoms with Gasteiger partial charge < -0.3 is 15.1 Å². The van der Waals surface area contributed by atoms with E-state index in [4.69, 9.17) is 0 Å². The van der Waals surface area contributed by atoms with Crippen LogP contribution in [0.1, 0.15) is 24.8 Å². The Morgan fingerprint density at radius 3 is 2.50 bits per heavy atom. The van der Waals surface area contributed by atoms with E-state index < -0.39 is 0 Å². The zero-order valence-electron chi connectivity index (χ0n) is 12.8. The van der Waals surface area contributed by atoms with Gasteiger partial charge >= 0.3 is 6.03 Å². The number of hydrogen-bond acceptors (Lipinski definition) is 2. The van der Waals surface area contributed by atoms with Crippen molar-refractivity contribution in [3.63, 3.8) is 0 Å². The highest BCUT2D eigenvalue weighted by Gasteiger charge is 2.31. The topological polar surface area (TPSA) is 52.7 Å². The largest absolute Gasteiger partial charge is 0.343 e. The van der Waals surface area contributed by atoms with E-state index in [0.29, 0.717) is 12.5 Å². The molecule has 22 heavy (non-hydrogen) atoms. The van der Waals surface area contributed by atoms with Crippen LogP contribution < -0.4 is 5.32 Å². The lowest BCUT2D eigenvalue weighted by molar-refractivity contribution is -0.132. The van der Waals surface area contributed by atoms with Gasteiger partial charge in [0.1, 0.15) is 0 Å². The second-order valence-electron chi connectivity index (χ2n) is 6.02. The van der Waals surface area contributed by atoms with Crippen molar-refractivity contribution < 1.29 is 9.59 Å². The minimum absolute atomic E-state index is 0.0499. The van der Waals surface area contributed by atoms with Gasteiger partial charge in [-0.3, -0.25) is 4.79 Å². The maximum Gasteiger partial charge on any atom is 0.317 e. The number of urea groups is 1. The van der Waals surface area contributed by atoms with Crippen molar-refractivity contribution in [1.82, 2.24) is 15.1 Å². The van der Waals surface area contributed by atoms with Gasteiger partial charge in [0.05, 0.1) is 0 Å². The number of hydrogen-bond donors (Lipinski definition) is 1. The van der Waals surface area contributed by atoms with Crippen molar-refractivity contribution in [1.29, 1.82) is 0 Å². The molecule has 0 radical (unpaired) electrons. The van der Waals surface area contributed by atoms with Crippen LogP contribution in [0.2, 0.25) is 0 Å². The third-order valence-corrected chi connectivity index (χ3v) is 4.62. The molecule has 0 saturated carbocycles. The average molecular weight is 301 g/mol. The Labute approximate surface area is 131 Å². The van der Waals surface area contributed by atoms with Crippen LogP contribution in [-0.4, -0.2) is 54.0 Å². The van der Waals surface area contributed by atoms with E-state index >= 15 is 0 Å². The number of likely N-dealkylation sites (tertiary alicyclic amines) is 1. The first-order chi connectivity index (χ1) is 10.7. The van der Waals surface area contributed by atoms with Crippen molar-refractivity contribution >= 4 is 11.9 Å². The van der Waals surface area contributed by atoms with E-state index in [9.17, 15) is 9.59 Å². The standard InChI is InChI=1S/C17H23N3O2/c21-16(7-6-14-4-2-1-3-5-14)19-11-8-15(9-12-19)20-13-10-18-17(20)22/h1-5,15H,6-13H2,(H,18,22). The number of carbonyl (C=O) groups excluding carboxylic acids is 2. The second kappa shape index (κ2) is 6.81. The Morgan fingerprint density at radius 1 is 1.14 bits per heavy atom. The van der Waals surface area contributed by atoms with Crippen molar-refractivity contribution in [3.8, 4) is 0 Å². The van der Waals surface area contributed by atoms with Gasteiger partial charge in [0, 0.05) is 38.6 Å². The lowest BCUT2D eigenvalue weighted by atomic mass is 10.0. The lowest BCUT2D eigenvalue weighted by Crippen LogP contribution is -2.47. The zero-order valence-corrected chi connectivity index (χ0v) is 12.8. The van der Waals surface area contributed by atoms with Crippen LogP contribution in [0.15, 0.2) is 30.3 Å². The van der Waals surface area contributed by atoms with Crippen molar-refractivity contribution in [2.24, 2.45) is 0 Å². The van der Waals surface area contributed by atoms with Gasteiger partial charge in [0.15, 0.2) is 0 Å². The summed E-state index contributed by atoms with van der Waals surface area (Å²) in [6.45, 7) is 3.07. The Morgan fingerprint density at radius 2 is 1.86 bits per heavy atom. The van der Waals surface area contributed by atoms with E-state index in [1.807, 2.05) is 28.0 Å². The summed E-state index contributed by atoms with van der Waals surface area (Å²) in [4.78, 5) is 27.9.